The molecule has 0 aliphatic carbocycles. The van der Waals surface area contributed by atoms with Crippen molar-refractivity contribution in [3.63, 3.8) is 0 Å². The Morgan fingerprint density at radius 2 is 1.54 bits per heavy atom. The van der Waals surface area contributed by atoms with Crippen LogP contribution in [0.2, 0.25) is 8.67 Å². The highest BCUT2D eigenvalue weighted by Crippen LogP contribution is 2.22. The van der Waals surface area contributed by atoms with E-state index in [2.05, 4.69) is 25.7 Å². The fraction of sp³-hybridized carbons (Fsp3) is 0.250. The summed E-state index contributed by atoms with van der Waals surface area (Å²) in [7, 11) is 0. The molecule has 1 N–H and O–H groups in total. The fourth-order valence-corrected chi connectivity index (χ4v) is 3.12. The highest BCUT2D eigenvalue weighted by molar-refractivity contribution is 7.19. The van der Waals surface area contributed by atoms with Crippen LogP contribution in [0.25, 0.3) is 0 Å². The fourth-order valence-electron chi connectivity index (χ4n) is 1.11. The Labute approximate surface area is 165 Å². The van der Waals surface area contributed by atoms with Gasteiger partial charge in [-0.3, -0.25) is 9.59 Å². The van der Waals surface area contributed by atoms with Crippen molar-refractivity contribution in [2.45, 2.75) is 20.3 Å². The van der Waals surface area contributed by atoms with E-state index in [4.69, 9.17) is 34.8 Å². The lowest BCUT2D eigenvalue weighted by molar-refractivity contribution is 0.0961. The first-order chi connectivity index (χ1) is 11.3. The molecule has 2 aromatic heterocycles. The van der Waals surface area contributed by atoms with Crippen molar-refractivity contribution in [3.05, 3.63) is 55.3 Å². The zero-order chi connectivity index (χ0) is 18.5. The number of carbonyl (C=O) groups is 2. The molecule has 0 aliphatic rings. The highest BCUT2D eigenvalue weighted by atomic mass is 35.5. The Morgan fingerprint density at radius 1 is 1.08 bits per heavy atom. The molecule has 0 saturated carbocycles. The van der Waals surface area contributed by atoms with Gasteiger partial charge in [0.2, 0.25) is 0 Å². The van der Waals surface area contributed by atoms with Crippen molar-refractivity contribution in [2.75, 3.05) is 6.54 Å². The molecule has 0 aromatic carbocycles. The van der Waals surface area contributed by atoms with E-state index in [1.54, 1.807) is 30.3 Å². The summed E-state index contributed by atoms with van der Waals surface area (Å²) >= 11 is 18.7. The molecule has 24 heavy (non-hydrogen) atoms. The molecule has 0 bridgehead atoms. The van der Waals surface area contributed by atoms with Crippen molar-refractivity contribution >= 4 is 68.6 Å². The van der Waals surface area contributed by atoms with E-state index in [-0.39, 0.29) is 5.91 Å². The van der Waals surface area contributed by atoms with Gasteiger partial charge in [-0.15, -0.1) is 29.3 Å². The van der Waals surface area contributed by atoms with E-state index in [0.29, 0.717) is 25.0 Å². The first-order valence-electron chi connectivity index (χ1n) is 6.95. The average molecular weight is 427 g/mol. The van der Waals surface area contributed by atoms with Crippen LogP contribution in [-0.2, 0) is 0 Å². The van der Waals surface area contributed by atoms with E-state index in [1.165, 1.54) is 29.1 Å². The summed E-state index contributed by atoms with van der Waals surface area (Å²) in [5.74, 6) is -0.105. The Bertz CT molecular complexity index is 653. The molecule has 2 rings (SSSR count). The molecule has 0 fully saturated rings. The Balaban J connectivity index is 0.000000390. The molecular formula is C16H18Cl3NO2S2. The smallest absolute Gasteiger partial charge is 0.262 e. The van der Waals surface area contributed by atoms with Crippen LogP contribution in [0, 0.1) is 0 Å². The van der Waals surface area contributed by atoms with Crippen LogP contribution in [0.5, 0.6) is 0 Å². The summed E-state index contributed by atoms with van der Waals surface area (Å²) in [5.41, 5.74) is 0. The summed E-state index contributed by atoms with van der Waals surface area (Å²) < 4.78 is 1.21. The van der Waals surface area contributed by atoms with Gasteiger partial charge in [-0.05, 0) is 35.9 Å². The van der Waals surface area contributed by atoms with Crippen LogP contribution in [-0.4, -0.2) is 17.7 Å². The van der Waals surface area contributed by atoms with Gasteiger partial charge in [-0.2, -0.15) is 0 Å². The molecule has 8 heteroatoms. The molecule has 3 nitrogen and oxygen atoms in total. The van der Waals surface area contributed by atoms with Gasteiger partial charge < -0.3 is 5.32 Å². The van der Waals surface area contributed by atoms with Crippen molar-refractivity contribution in [2.24, 2.45) is 0 Å². The molecule has 1 amide bonds. The molecule has 2 aromatic rings. The minimum absolute atomic E-state index is 0.105. The average Bonchev–Trinajstić information content (AvgIpc) is 3.15. The number of carbonyl (C=O) groups excluding carboxylic acids is 2. The van der Waals surface area contributed by atoms with Crippen LogP contribution >= 0.6 is 57.5 Å². The van der Waals surface area contributed by atoms with E-state index in [1.807, 2.05) is 0 Å². The SMILES string of the molecule is C=CCNC(=O)c1ccc(Cl)s1.CCC.O=C(Cl)c1ccc(Cl)s1. The van der Waals surface area contributed by atoms with Gasteiger partial charge in [0, 0.05) is 6.54 Å². The largest absolute Gasteiger partial charge is 0.348 e. The number of halogens is 3. The van der Waals surface area contributed by atoms with Gasteiger partial charge in [-0.1, -0.05) is 49.5 Å². The van der Waals surface area contributed by atoms with Crippen LogP contribution < -0.4 is 5.32 Å². The summed E-state index contributed by atoms with van der Waals surface area (Å²) in [6.07, 6.45) is 2.88. The van der Waals surface area contributed by atoms with Crippen molar-refractivity contribution in [3.8, 4) is 0 Å². The van der Waals surface area contributed by atoms with Crippen molar-refractivity contribution in [1.29, 1.82) is 0 Å². The van der Waals surface area contributed by atoms with Gasteiger partial charge in [0.25, 0.3) is 11.1 Å². The lowest BCUT2D eigenvalue weighted by Gasteiger charge is -1.96. The molecule has 0 radical (unpaired) electrons. The van der Waals surface area contributed by atoms with Crippen LogP contribution in [0.1, 0.15) is 39.6 Å². The highest BCUT2D eigenvalue weighted by Gasteiger charge is 2.06. The quantitative estimate of drug-likeness (QED) is 0.447. The van der Waals surface area contributed by atoms with Gasteiger partial charge in [0.15, 0.2) is 0 Å². The van der Waals surface area contributed by atoms with Gasteiger partial charge >= 0.3 is 0 Å². The second-order valence-corrected chi connectivity index (χ2v) is 7.96. The lowest BCUT2D eigenvalue weighted by atomic mass is 10.4. The number of hydrogen-bond acceptors (Lipinski definition) is 4. The summed E-state index contributed by atoms with van der Waals surface area (Å²) in [4.78, 5) is 22.7. The third-order valence-corrected chi connectivity index (χ3v) is 4.75. The van der Waals surface area contributed by atoms with Crippen molar-refractivity contribution < 1.29 is 9.59 Å². The number of nitrogens with one attached hydrogen (secondary N) is 1. The monoisotopic (exact) mass is 425 g/mol. The maximum atomic E-state index is 11.2. The van der Waals surface area contributed by atoms with E-state index >= 15 is 0 Å². The second kappa shape index (κ2) is 13.4. The maximum absolute atomic E-state index is 11.2. The molecule has 0 aliphatic heterocycles. The maximum Gasteiger partial charge on any atom is 0.262 e. The van der Waals surface area contributed by atoms with E-state index in [0.717, 1.165) is 0 Å². The van der Waals surface area contributed by atoms with E-state index < -0.39 is 5.24 Å². The summed E-state index contributed by atoms with van der Waals surface area (Å²) in [6, 6.07) is 6.64. The summed E-state index contributed by atoms with van der Waals surface area (Å²) in [6.45, 7) is 8.22. The van der Waals surface area contributed by atoms with Crippen molar-refractivity contribution in [1.82, 2.24) is 5.32 Å². The molecule has 0 unspecified atom stereocenters. The number of rotatable bonds is 4. The standard InChI is InChI=1S/C8H8ClNOS.C5H2Cl2OS.C3H8/c1-2-5-10-8(11)6-3-4-7(9)12-6;6-4-2-1-3(9-4)5(7)8;1-3-2/h2-4H,1,5H2,(H,10,11);1-2H;3H2,1-2H3. The van der Waals surface area contributed by atoms with Crippen LogP contribution in [0.4, 0.5) is 0 Å². The van der Waals surface area contributed by atoms with Gasteiger partial charge in [0.05, 0.1) is 18.4 Å². The normalized spacial score (nSPS) is 9.04. The number of amides is 1. The van der Waals surface area contributed by atoms with Gasteiger partial charge in [-0.25, -0.2) is 0 Å². The zero-order valence-corrected chi connectivity index (χ0v) is 17.2. The molecule has 2 heterocycles. The zero-order valence-electron chi connectivity index (χ0n) is 13.3. The predicted octanol–water partition coefficient (Wildman–Crippen LogP) is 6.51. The minimum Gasteiger partial charge on any atom is -0.348 e. The first kappa shape index (κ1) is 23.1. The molecular weight excluding hydrogens is 409 g/mol. The molecule has 0 spiro atoms. The number of hydrogen-bond donors (Lipinski definition) is 1. The third-order valence-electron chi connectivity index (χ3n) is 1.97. The molecule has 0 saturated heterocycles. The molecule has 132 valence electrons. The Kier molecular flexibility index (Phi) is 13.0. The van der Waals surface area contributed by atoms with Crippen LogP contribution in [0.15, 0.2) is 36.9 Å². The topological polar surface area (TPSA) is 46.2 Å². The molecule has 0 atom stereocenters. The van der Waals surface area contributed by atoms with Gasteiger partial charge in [0.1, 0.15) is 0 Å². The third kappa shape index (κ3) is 10.1. The predicted molar refractivity (Wildman–Crippen MR) is 107 cm³/mol. The lowest BCUT2D eigenvalue weighted by Crippen LogP contribution is -2.21. The minimum atomic E-state index is -0.452. The summed E-state index contributed by atoms with van der Waals surface area (Å²) in [5, 5.41) is 2.20. The van der Waals surface area contributed by atoms with E-state index in [9.17, 15) is 9.59 Å². The first-order valence-corrected chi connectivity index (χ1v) is 9.71. The second-order valence-electron chi connectivity index (χ2n) is 4.19. The number of thiophene rings is 2. The Hall–Kier alpha value is -0.850. The Morgan fingerprint density at radius 3 is 1.83 bits per heavy atom. The van der Waals surface area contributed by atoms with Crippen LogP contribution in [0.3, 0.4) is 0 Å².